The lowest BCUT2D eigenvalue weighted by atomic mass is 9.99. The van der Waals surface area contributed by atoms with Crippen molar-refractivity contribution in [3.05, 3.63) is 50.9 Å². The van der Waals surface area contributed by atoms with E-state index in [9.17, 15) is 4.79 Å². The van der Waals surface area contributed by atoms with Gasteiger partial charge in [0.1, 0.15) is 10.7 Å². The zero-order valence-electron chi connectivity index (χ0n) is 15.6. The first-order valence-corrected chi connectivity index (χ1v) is 10.2. The first-order valence-electron chi connectivity index (χ1n) is 9.35. The van der Waals surface area contributed by atoms with Gasteiger partial charge in [-0.2, -0.15) is 0 Å². The van der Waals surface area contributed by atoms with Crippen molar-refractivity contribution in [2.75, 3.05) is 6.54 Å². The Morgan fingerprint density at radius 1 is 1.27 bits per heavy atom. The van der Waals surface area contributed by atoms with Gasteiger partial charge in [0.05, 0.1) is 11.9 Å². The van der Waals surface area contributed by atoms with E-state index >= 15 is 0 Å². The van der Waals surface area contributed by atoms with Gasteiger partial charge in [-0.05, 0) is 51.3 Å². The number of thiophene rings is 1. The van der Waals surface area contributed by atoms with Crippen molar-refractivity contribution in [1.82, 2.24) is 14.9 Å². The van der Waals surface area contributed by atoms with Crippen LogP contribution in [-0.2, 0) is 6.54 Å². The van der Waals surface area contributed by atoms with E-state index in [0.717, 1.165) is 40.3 Å². The van der Waals surface area contributed by atoms with Crippen molar-refractivity contribution in [3.63, 3.8) is 0 Å². The number of hydrogen-bond donors (Lipinski definition) is 1. The summed E-state index contributed by atoms with van der Waals surface area (Å²) in [5, 5.41) is 2.79. The standard InChI is InChI=1S/C21H25N3OS/c1-13-7-8-16(14(2)10-13)17-12-26-21-19(17)20(25)22-18(23-21)11-24-9-5-4-6-15(24)3/h7-8,10,12,15H,4-6,9,11H2,1-3H3,(H,22,23,25). The van der Waals surface area contributed by atoms with Gasteiger partial charge < -0.3 is 4.98 Å². The number of hydrogen-bond acceptors (Lipinski definition) is 4. The molecule has 0 amide bonds. The normalized spacial score (nSPS) is 18.5. The molecule has 3 aromatic rings. The number of aromatic nitrogens is 2. The van der Waals surface area contributed by atoms with E-state index in [2.05, 4.69) is 54.2 Å². The summed E-state index contributed by atoms with van der Waals surface area (Å²) in [6.07, 6.45) is 3.75. The lowest BCUT2D eigenvalue weighted by Crippen LogP contribution is -2.37. The van der Waals surface area contributed by atoms with Gasteiger partial charge in [-0.3, -0.25) is 9.69 Å². The minimum Gasteiger partial charge on any atom is -0.309 e. The molecule has 0 radical (unpaired) electrons. The highest BCUT2D eigenvalue weighted by atomic mass is 32.1. The molecule has 0 spiro atoms. The van der Waals surface area contributed by atoms with Gasteiger partial charge in [0.2, 0.25) is 0 Å². The molecule has 0 bridgehead atoms. The number of H-pyrrole nitrogens is 1. The van der Waals surface area contributed by atoms with E-state index in [1.165, 1.54) is 30.4 Å². The molecule has 5 heteroatoms. The topological polar surface area (TPSA) is 49.0 Å². The summed E-state index contributed by atoms with van der Waals surface area (Å²) < 4.78 is 0. The average molecular weight is 368 g/mol. The van der Waals surface area contributed by atoms with Crippen molar-refractivity contribution in [2.45, 2.75) is 52.6 Å². The highest BCUT2D eigenvalue weighted by molar-refractivity contribution is 7.17. The van der Waals surface area contributed by atoms with Crippen LogP contribution in [0.3, 0.4) is 0 Å². The second kappa shape index (κ2) is 6.97. The Kier molecular flexibility index (Phi) is 4.67. The van der Waals surface area contributed by atoms with E-state index < -0.39 is 0 Å². The molecule has 1 fully saturated rings. The molecule has 0 aliphatic carbocycles. The van der Waals surface area contributed by atoms with Gasteiger partial charge in [-0.15, -0.1) is 11.3 Å². The fourth-order valence-corrected chi connectivity index (χ4v) is 4.92. The third-order valence-corrected chi connectivity index (χ3v) is 6.33. The number of likely N-dealkylation sites (tertiary alicyclic amines) is 1. The first-order chi connectivity index (χ1) is 12.5. The van der Waals surface area contributed by atoms with Crippen molar-refractivity contribution in [1.29, 1.82) is 0 Å². The van der Waals surface area contributed by atoms with Crippen molar-refractivity contribution >= 4 is 21.6 Å². The first kappa shape index (κ1) is 17.4. The predicted octanol–water partition coefficient (Wildman–Crippen LogP) is 4.64. The Morgan fingerprint density at radius 3 is 2.88 bits per heavy atom. The number of fused-ring (bicyclic) bond motifs is 1. The van der Waals surface area contributed by atoms with Gasteiger partial charge in [-0.25, -0.2) is 4.98 Å². The number of nitrogens with one attached hydrogen (secondary N) is 1. The van der Waals surface area contributed by atoms with Crippen molar-refractivity contribution in [3.8, 4) is 11.1 Å². The van der Waals surface area contributed by atoms with E-state index in [-0.39, 0.29) is 5.56 Å². The summed E-state index contributed by atoms with van der Waals surface area (Å²) >= 11 is 1.56. The molecular formula is C21H25N3OS. The molecule has 2 aromatic heterocycles. The molecule has 1 atom stereocenters. The van der Waals surface area contributed by atoms with Gasteiger partial charge in [0.15, 0.2) is 0 Å². The van der Waals surface area contributed by atoms with Crippen molar-refractivity contribution < 1.29 is 0 Å². The maximum Gasteiger partial charge on any atom is 0.260 e. The van der Waals surface area contributed by atoms with Gasteiger partial charge in [0, 0.05) is 17.0 Å². The number of benzene rings is 1. The SMILES string of the molecule is Cc1ccc(-c2csc3nc(CN4CCCCC4C)[nH]c(=O)c23)c(C)c1. The van der Waals surface area contributed by atoms with Crippen LogP contribution in [0.25, 0.3) is 21.3 Å². The minimum absolute atomic E-state index is 0.0223. The molecule has 1 aliphatic rings. The molecule has 136 valence electrons. The zero-order chi connectivity index (χ0) is 18.3. The Balaban J connectivity index is 1.72. The average Bonchev–Trinajstić information content (AvgIpc) is 3.01. The van der Waals surface area contributed by atoms with Crippen LogP contribution in [0.2, 0.25) is 0 Å². The molecule has 1 saturated heterocycles. The number of rotatable bonds is 3. The molecule has 1 aromatic carbocycles. The molecule has 26 heavy (non-hydrogen) atoms. The zero-order valence-corrected chi connectivity index (χ0v) is 16.4. The van der Waals surface area contributed by atoms with Gasteiger partial charge >= 0.3 is 0 Å². The van der Waals surface area contributed by atoms with Crippen LogP contribution in [0.5, 0.6) is 0 Å². The second-order valence-electron chi connectivity index (χ2n) is 7.48. The summed E-state index contributed by atoms with van der Waals surface area (Å²) in [6, 6.07) is 6.92. The summed E-state index contributed by atoms with van der Waals surface area (Å²) in [5.74, 6) is 0.783. The quantitative estimate of drug-likeness (QED) is 0.733. The predicted molar refractivity (Wildman–Crippen MR) is 109 cm³/mol. The molecule has 4 rings (SSSR count). The summed E-state index contributed by atoms with van der Waals surface area (Å²) in [4.78, 5) is 23.9. The van der Waals surface area contributed by atoms with Crippen LogP contribution in [0, 0.1) is 13.8 Å². The Morgan fingerprint density at radius 2 is 2.12 bits per heavy atom. The third-order valence-electron chi connectivity index (χ3n) is 5.46. The maximum absolute atomic E-state index is 12.8. The van der Waals surface area contributed by atoms with Crippen LogP contribution in [0.4, 0.5) is 0 Å². The molecule has 3 heterocycles. The van der Waals surface area contributed by atoms with Crippen LogP contribution in [0.15, 0.2) is 28.4 Å². The van der Waals surface area contributed by atoms with E-state index in [4.69, 9.17) is 4.98 Å². The highest BCUT2D eigenvalue weighted by Crippen LogP contribution is 2.33. The summed E-state index contributed by atoms with van der Waals surface area (Å²) in [6.45, 7) is 8.26. The van der Waals surface area contributed by atoms with Gasteiger partial charge in [0.25, 0.3) is 5.56 Å². The molecule has 1 unspecified atom stereocenters. The summed E-state index contributed by atoms with van der Waals surface area (Å²) in [5.41, 5.74) is 4.51. The summed E-state index contributed by atoms with van der Waals surface area (Å²) in [7, 11) is 0. The maximum atomic E-state index is 12.8. The van der Waals surface area contributed by atoms with Crippen LogP contribution in [0.1, 0.15) is 43.1 Å². The number of piperidine rings is 1. The van der Waals surface area contributed by atoms with Crippen LogP contribution in [-0.4, -0.2) is 27.5 Å². The Hall–Kier alpha value is -1.98. The lowest BCUT2D eigenvalue weighted by molar-refractivity contribution is 0.149. The van der Waals surface area contributed by atoms with E-state index in [1.54, 1.807) is 11.3 Å². The third kappa shape index (κ3) is 3.21. The lowest BCUT2D eigenvalue weighted by Gasteiger charge is -2.32. The monoisotopic (exact) mass is 367 g/mol. The largest absolute Gasteiger partial charge is 0.309 e. The van der Waals surface area contributed by atoms with E-state index in [1.807, 2.05) is 0 Å². The minimum atomic E-state index is -0.0223. The van der Waals surface area contributed by atoms with Crippen LogP contribution < -0.4 is 5.56 Å². The number of aromatic amines is 1. The molecule has 1 N–H and O–H groups in total. The smallest absolute Gasteiger partial charge is 0.260 e. The fraction of sp³-hybridized carbons (Fsp3) is 0.429. The molecular weight excluding hydrogens is 342 g/mol. The van der Waals surface area contributed by atoms with Crippen molar-refractivity contribution in [2.24, 2.45) is 0 Å². The van der Waals surface area contributed by atoms with Crippen LogP contribution >= 0.6 is 11.3 Å². The second-order valence-corrected chi connectivity index (χ2v) is 8.33. The highest BCUT2D eigenvalue weighted by Gasteiger charge is 2.20. The molecule has 0 saturated carbocycles. The van der Waals surface area contributed by atoms with E-state index in [0.29, 0.717) is 6.04 Å². The number of aryl methyl sites for hydroxylation is 2. The Bertz CT molecular complexity index is 1000. The fourth-order valence-electron chi connectivity index (χ4n) is 3.97. The molecule has 1 aliphatic heterocycles. The number of nitrogens with zero attached hydrogens (tertiary/aromatic N) is 2. The molecule has 4 nitrogen and oxygen atoms in total. The van der Waals surface area contributed by atoms with Gasteiger partial charge in [-0.1, -0.05) is 30.2 Å². The Labute approximate surface area is 157 Å².